The van der Waals surface area contributed by atoms with Crippen LogP contribution in [0.5, 0.6) is 0 Å². The first kappa shape index (κ1) is 16.2. The summed E-state index contributed by atoms with van der Waals surface area (Å²) in [6, 6.07) is 0. The third-order valence-electron chi connectivity index (χ3n) is 0.904. The molecule has 2 heteroatoms. The number of unbranched alkanes of at least 4 members (excludes halogenated alkanes) is 1. The lowest BCUT2D eigenvalue weighted by Gasteiger charge is -1.96. The topological polar surface area (TPSA) is 29.1 Å². The van der Waals surface area contributed by atoms with Crippen molar-refractivity contribution in [3.63, 3.8) is 0 Å². The molecule has 0 fully saturated rings. The van der Waals surface area contributed by atoms with E-state index in [2.05, 4.69) is 12.2 Å². The number of carbonyl (C=O) groups excluding carboxylic acids is 1. The third-order valence-corrected chi connectivity index (χ3v) is 0.904. The second-order valence-electron chi connectivity index (χ2n) is 1.84. The van der Waals surface area contributed by atoms with Gasteiger partial charge in [0.25, 0.3) is 0 Å². The monoisotopic (exact) mass is 147 g/mol. The quantitative estimate of drug-likeness (QED) is 0.609. The van der Waals surface area contributed by atoms with Gasteiger partial charge in [0, 0.05) is 13.5 Å². The van der Waals surface area contributed by atoms with E-state index in [0.29, 0.717) is 0 Å². The minimum Gasteiger partial charge on any atom is -0.356 e. The first-order valence-electron chi connectivity index (χ1n) is 3.01. The van der Waals surface area contributed by atoms with Gasteiger partial charge in [-0.15, -0.1) is 0 Å². The summed E-state index contributed by atoms with van der Waals surface area (Å²) in [5.41, 5.74) is 0. The van der Waals surface area contributed by atoms with Crippen LogP contribution in [-0.2, 0) is 4.79 Å². The maximum Gasteiger partial charge on any atom is 0.216 e. The first-order valence-corrected chi connectivity index (χ1v) is 3.01. The molecular formula is C8H21NO. The van der Waals surface area contributed by atoms with E-state index in [1.54, 1.807) is 0 Å². The highest BCUT2D eigenvalue weighted by Crippen LogP contribution is 1.80. The van der Waals surface area contributed by atoms with Crippen molar-refractivity contribution in [3.8, 4) is 0 Å². The molecule has 1 N–H and O–H groups in total. The van der Waals surface area contributed by atoms with Crippen LogP contribution in [0.3, 0.4) is 0 Å². The molecule has 0 saturated carbocycles. The van der Waals surface area contributed by atoms with E-state index >= 15 is 0 Å². The van der Waals surface area contributed by atoms with Gasteiger partial charge in [-0.25, -0.2) is 0 Å². The molecule has 0 aromatic heterocycles. The predicted octanol–water partition coefficient (Wildman–Crippen LogP) is 2.19. The molecule has 0 saturated heterocycles. The van der Waals surface area contributed by atoms with E-state index < -0.39 is 0 Å². The van der Waals surface area contributed by atoms with Crippen molar-refractivity contribution in [3.05, 3.63) is 0 Å². The lowest BCUT2D eigenvalue weighted by Crippen LogP contribution is -2.20. The SMILES string of the molecule is C.C.CCCCNC(C)=O. The number of amides is 1. The molecule has 0 bridgehead atoms. The minimum absolute atomic E-state index is 0. The van der Waals surface area contributed by atoms with Gasteiger partial charge in [-0.3, -0.25) is 4.79 Å². The molecule has 10 heavy (non-hydrogen) atoms. The maximum absolute atomic E-state index is 10.2. The van der Waals surface area contributed by atoms with Crippen LogP contribution in [0.1, 0.15) is 41.5 Å². The number of rotatable bonds is 3. The Morgan fingerprint density at radius 1 is 1.40 bits per heavy atom. The van der Waals surface area contributed by atoms with E-state index in [4.69, 9.17) is 0 Å². The largest absolute Gasteiger partial charge is 0.356 e. The molecule has 0 aromatic carbocycles. The van der Waals surface area contributed by atoms with Crippen molar-refractivity contribution in [1.82, 2.24) is 5.32 Å². The fourth-order valence-electron chi connectivity index (χ4n) is 0.441. The summed E-state index contributed by atoms with van der Waals surface area (Å²) in [5, 5.41) is 2.71. The molecule has 1 amide bonds. The molecular weight excluding hydrogens is 126 g/mol. The van der Waals surface area contributed by atoms with E-state index in [1.807, 2.05) is 0 Å². The van der Waals surface area contributed by atoms with Crippen molar-refractivity contribution < 1.29 is 4.79 Å². The Kier molecular flexibility index (Phi) is 18.3. The molecule has 0 atom stereocenters. The Morgan fingerprint density at radius 3 is 2.20 bits per heavy atom. The summed E-state index contributed by atoms with van der Waals surface area (Å²) in [6.45, 7) is 4.46. The maximum atomic E-state index is 10.2. The standard InChI is InChI=1S/C6H13NO.2CH4/c1-3-4-5-7-6(2)8;;/h3-5H2,1-2H3,(H,7,8);2*1H4. The van der Waals surface area contributed by atoms with Crippen molar-refractivity contribution >= 4 is 5.91 Å². The summed E-state index contributed by atoms with van der Waals surface area (Å²) >= 11 is 0. The van der Waals surface area contributed by atoms with Crippen LogP contribution in [0.4, 0.5) is 0 Å². The highest BCUT2D eigenvalue weighted by Gasteiger charge is 1.85. The fourth-order valence-corrected chi connectivity index (χ4v) is 0.441. The lowest BCUT2D eigenvalue weighted by atomic mass is 10.3. The number of nitrogens with one attached hydrogen (secondary N) is 1. The number of hydrogen-bond acceptors (Lipinski definition) is 1. The van der Waals surface area contributed by atoms with Gasteiger partial charge in [0.05, 0.1) is 0 Å². The summed E-state index contributed by atoms with van der Waals surface area (Å²) in [4.78, 5) is 10.2. The van der Waals surface area contributed by atoms with Crippen LogP contribution in [0.15, 0.2) is 0 Å². The highest BCUT2D eigenvalue weighted by molar-refractivity contribution is 5.72. The second kappa shape index (κ2) is 11.3. The van der Waals surface area contributed by atoms with Gasteiger partial charge in [0.15, 0.2) is 0 Å². The van der Waals surface area contributed by atoms with E-state index in [1.165, 1.54) is 6.92 Å². The molecule has 0 heterocycles. The number of carbonyl (C=O) groups is 1. The Labute approximate surface area is 65.0 Å². The van der Waals surface area contributed by atoms with Gasteiger partial charge >= 0.3 is 0 Å². The average Bonchev–Trinajstić information content (AvgIpc) is 1.66. The van der Waals surface area contributed by atoms with Gasteiger partial charge in [0.2, 0.25) is 5.91 Å². The lowest BCUT2D eigenvalue weighted by molar-refractivity contribution is -0.118. The normalized spacial score (nSPS) is 7.00. The zero-order valence-corrected chi connectivity index (χ0v) is 5.53. The van der Waals surface area contributed by atoms with Crippen LogP contribution in [0.2, 0.25) is 0 Å². The van der Waals surface area contributed by atoms with E-state index in [9.17, 15) is 4.79 Å². The molecule has 0 spiro atoms. The van der Waals surface area contributed by atoms with E-state index in [-0.39, 0.29) is 20.8 Å². The van der Waals surface area contributed by atoms with Crippen LogP contribution in [-0.4, -0.2) is 12.5 Å². The van der Waals surface area contributed by atoms with Crippen LogP contribution < -0.4 is 5.32 Å². The molecule has 0 aliphatic heterocycles. The summed E-state index contributed by atoms with van der Waals surface area (Å²) < 4.78 is 0. The van der Waals surface area contributed by atoms with Gasteiger partial charge < -0.3 is 5.32 Å². The third kappa shape index (κ3) is 15.6. The molecule has 0 rings (SSSR count). The van der Waals surface area contributed by atoms with Gasteiger partial charge in [0.1, 0.15) is 0 Å². The molecule has 0 unspecified atom stereocenters. The first-order chi connectivity index (χ1) is 3.77. The molecule has 0 aliphatic carbocycles. The molecule has 0 aliphatic rings. The summed E-state index contributed by atoms with van der Waals surface area (Å²) in [6.07, 6.45) is 2.22. The van der Waals surface area contributed by atoms with Crippen molar-refractivity contribution in [1.29, 1.82) is 0 Å². The molecule has 0 radical (unpaired) electrons. The van der Waals surface area contributed by atoms with Gasteiger partial charge in [-0.05, 0) is 6.42 Å². The van der Waals surface area contributed by atoms with E-state index in [0.717, 1.165) is 19.4 Å². The van der Waals surface area contributed by atoms with Crippen molar-refractivity contribution in [2.24, 2.45) is 0 Å². The minimum atomic E-state index is 0. The Balaban J connectivity index is -0.000000245. The second-order valence-corrected chi connectivity index (χ2v) is 1.84. The zero-order chi connectivity index (χ0) is 6.41. The molecule has 64 valence electrons. The average molecular weight is 147 g/mol. The fraction of sp³-hybridized carbons (Fsp3) is 0.875. The van der Waals surface area contributed by atoms with Crippen LogP contribution in [0.25, 0.3) is 0 Å². The Hall–Kier alpha value is -0.530. The smallest absolute Gasteiger partial charge is 0.216 e. The summed E-state index contributed by atoms with van der Waals surface area (Å²) in [7, 11) is 0. The number of hydrogen-bond donors (Lipinski definition) is 1. The van der Waals surface area contributed by atoms with Crippen LogP contribution >= 0.6 is 0 Å². The highest BCUT2D eigenvalue weighted by atomic mass is 16.1. The van der Waals surface area contributed by atoms with Gasteiger partial charge in [-0.1, -0.05) is 28.2 Å². The van der Waals surface area contributed by atoms with Gasteiger partial charge in [-0.2, -0.15) is 0 Å². The van der Waals surface area contributed by atoms with Crippen LogP contribution in [0, 0.1) is 0 Å². The molecule has 0 aromatic rings. The van der Waals surface area contributed by atoms with Crippen molar-refractivity contribution in [2.45, 2.75) is 41.5 Å². The Bertz CT molecular complexity index is 71.7. The summed E-state index contributed by atoms with van der Waals surface area (Å²) in [5.74, 6) is 0.0680. The zero-order valence-electron chi connectivity index (χ0n) is 5.53. The molecule has 2 nitrogen and oxygen atoms in total. The Morgan fingerprint density at radius 2 is 1.90 bits per heavy atom. The van der Waals surface area contributed by atoms with Crippen molar-refractivity contribution in [2.75, 3.05) is 6.54 Å². The predicted molar refractivity (Wildman–Crippen MR) is 47.1 cm³/mol.